The van der Waals surface area contributed by atoms with Gasteiger partial charge in [-0.2, -0.15) is 5.11 Å². The predicted octanol–water partition coefficient (Wildman–Crippen LogP) is 2.52. The van der Waals surface area contributed by atoms with Crippen molar-refractivity contribution in [2.75, 3.05) is 16.8 Å². The number of imide groups is 1. The van der Waals surface area contributed by atoms with Crippen molar-refractivity contribution < 1.29 is 18.8 Å². The fourth-order valence-electron chi connectivity index (χ4n) is 3.14. The number of fused-ring (bicyclic) bond motifs is 1. The highest BCUT2D eigenvalue weighted by Gasteiger charge is 2.55. The first-order chi connectivity index (χ1) is 13.4. The molecule has 28 heavy (non-hydrogen) atoms. The van der Waals surface area contributed by atoms with Crippen LogP contribution in [0.3, 0.4) is 0 Å². The van der Waals surface area contributed by atoms with Crippen molar-refractivity contribution in [2.24, 2.45) is 10.3 Å². The zero-order valence-electron chi connectivity index (χ0n) is 14.3. The van der Waals surface area contributed by atoms with E-state index in [1.165, 1.54) is 29.3 Å². The normalized spacial score (nSPS) is 20.6. The number of halogens is 2. The third-order valence-corrected chi connectivity index (χ3v) is 4.83. The standard InChI is InChI=1S/C18H13BrFN5O3/c19-10-3-1-6-13(7-10)25-17(27)15-16(18(25)28)24(23-22-15)9-14(26)21-12-5-2-4-11(20)8-12/h1-8,15-16H,9H2,(H,21,26)/t15-,16-/m1/s1. The maximum absolute atomic E-state index is 13.2. The highest BCUT2D eigenvalue weighted by molar-refractivity contribution is 9.10. The topological polar surface area (TPSA) is 94.4 Å². The van der Waals surface area contributed by atoms with Crippen molar-refractivity contribution >= 4 is 45.0 Å². The lowest BCUT2D eigenvalue weighted by Gasteiger charge is -2.20. The molecule has 0 saturated carbocycles. The number of benzene rings is 2. The van der Waals surface area contributed by atoms with Crippen LogP contribution in [0.15, 0.2) is 63.3 Å². The number of carbonyl (C=O) groups is 3. The Bertz CT molecular complexity index is 1010. The highest BCUT2D eigenvalue weighted by atomic mass is 79.9. The molecule has 2 aliphatic rings. The van der Waals surface area contributed by atoms with Gasteiger partial charge in [0.15, 0.2) is 12.1 Å². The van der Waals surface area contributed by atoms with Crippen LogP contribution in [0.5, 0.6) is 0 Å². The summed E-state index contributed by atoms with van der Waals surface area (Å²) in [6.07, 6.45) is 0. The second-order valence-corrected chi connectivity index (χ2v) is 7.16. The van der Waals surface area contributed by atoms with E-state index in [0.717, 1.165) is 9.37 Å². The Morgan fingerprint density at radius 3 is 2.68 bits per heavy atom. The minimum atomic E-state index is -0.992. The molecule has 0 bridgehead atoms. The van der Waals surface area contributed by atoms with Crippen molar-refractivity contribution in [3.63, 3.8) is 0 Å². The molecule has 1 fully saturated rings. The fraction of sp³-hybridized carbons (Fsp3) is 0.167. The summed E-state index contributed by atoms with van der Waals surface area (Å²) in [5, 5.41) is 11.4. The highest BCUT2D eigenvalue weighted by Crippen LogP contribution is 2.32. The van der Waals surface area contributed by atoms with Crippen molar-refractivity contribution in [1.82, 2.24) is 5.01 Å². The number of amides is 3. The summed E-state index contributed by atoms with van der Waals surface area (Å²) in [4.78, 5) is 38.8. The van der Waals surface area contributed by atoms with Crippen LogP contribution < -0.4 is 10.2 Å². The van der Waals surface area contributed by atoms with E-state index in [9.17, 15) is 18.8 Å². The number of rotatable bonds is 4. The molecular formula is C18H13BrFN5O3. The van der Waals surface area contributed by atoms with Gasteiger partial charge in [0.05, 0.1) is 5.69 Å². The summed E-state index contributed by atoms with van der Waals surface area (Å²) in [6.45, 7) is -0.299. The molecule has 2 atom stereocenters. The summed E-state index contributed by atoms with van der Waals surface area (Å²) >= 11 is 3.31. The van der Waals surface area contributed by atoms with E-state index < -0.39 is 35.6 Å². The molecule has 0 aromatic heterocycles. The Kier molecular flexibility index (Phi) is 4.63. The molecule has 2 heterocycles. The van der Waals surface area contributed by atoms with Gasteiger partial charge in [0.1, 0.15) is 12.4 Å². The Hall–Kier alpha value is -3.14. The van der Waals surface area contributed by atoms with Gasteiger partial charge in [0, 0.05) is 10.2 Å². The van der Waals surface area contributed by atoms with Gasteiger partial charge in [-0.05, 0) is 36.4 Å². The van der Waals surface area contributed by atoms with E-state index in [-0.39, 0.29) is 12.2 Å². The zero-order chi connectivity index (χ0) is 19.8. The maximum Gasteiger partial charge on any atom is 0.263 e. The van der Waals surface area contributed by atoms with E-state index in [4.69, 9.17) is 0 Å². The number of carbonyl (C=O) groups excluding carboxylic acids is 3. The lowest BCUT2D eigenvalue weighted by Crippen LogP contribution is -2.43. The van der Waals surface area contributed by atoms with Crippen molar-refractivity contribution in [1.29, 1.82) is 0 Å². The van der Waals surface area contributed by atoms with Gasteiger partial charge >= 0.3 is 0 Å². The minimum Gasteiger partial charge on any atom is -0.324 e. The Labute approximate surface area is 167 Å². The number of hydrogen-bond acceptors (Lipinski definition) is 6. The van der Waals surface area contributed by atoms with Crippen LogP contribution in [0.4, 0.5) is 15.8 Å². The number of hydrogen-bond donors (Lipinski definition) is 1. The van der Waals surface area contributed by atoms with Gasteiger partial charge in [0.25, 0.3) is 11.8 Å². The smallest absolute Gasteiger partial charge is 0.263 e. The summed E-state index contributed by atoms with van der Waals surface area (Å²) in [6, 6.07) is 10.2. The Balaban J connectivity index is 1.49. The van der Waals surface area contributed by atoms with E-state index in [1.807, 2.05) is 0 Å². The predicted molar refractivity (Wildman–Crippen MR) is 101 cm³/mol. The van der Waals surface area contributed by atoms with E-state index in [0.29, 0.717) is 5.69 Å². The lowest BCUT2D eigenvalue weighted by molar-refractivity contribution is -0.123. The van der Waals surface area contributed by atoms with Gasteiger partial charge < -0.3 is 5.32 Å². The quantitative estimate of drug-likeness (QED) is 0.731. The molecule has 1 N–H and O–H groups in total. The summed E-state index contributed by atoms with van der Waals surface area (Å²) in [5.41, 5.74) is 0.695. The average molecular weight is 446 g/mol. The average Bonchev–Trinajstić information content (AvgIpc) is 3.15. The number of nitrogens with one attached hydrogen (secondary N) is 1. The SMILES string of the molecule is O=C(CN1N=N[C@H]2C(=O)N(c3cccc(Br)c3)C(=O)[C@@H]21)Nc1cccc(F)c1. The van der Waals surface area contributed by atoms with Crippen LogP contribution >= 0.6 is 15.9 Å². The van der Waals surface area contributed by atoms with Crippen LogP contribution in [0.2, 0.25) is 0 Å². The van der Waals surface area contributed by atoms with Crippen molar-refractivity contribution in [3.8, 4) is 0 Å². The largest absolute Gasteiger partial charge is 0.324 e. The first-order valence-electron chi connectivity index (χ1n) is 8.30. The molecule has 1 saturated heterocycles. The monoisotopic (exact) mass is 445 g/mol. The van der Waals surface area contributed by atoms with Crippen LogP contribution in [0, 0.1) is 5.82 Å². The molecule has 0 aliphatic carbocycles. The van der Waals surface area contributed by atoms with Crippen molar-refractivity contribution in [2.45, 2.75) is 12.1 Å². The molecule has 4 rings (SSSR count). The third-order valence-electron chi connectivity index (χ3n) is 4.34. The molecule has 0 spiro atoms. The molecule has 10 heteroatoms. The van der Waals surface area contributed by atoms with Gasteiger partial charge in [-0.25, -0.2) is 9.29 Å². The first-order valence-corrected chi connectivity index (χ1v) is 9.09. The molecule has 0 unspecified atom stereocenters. The van der Waals surface area contributed by atoms with Gasteiger partial charge in [-0.3, -0.25) is 19.4 Å². The van der Waals surface area contributed by atoms with Gasteiger partial charge in [-0.1, -0.05) is 33.3 Å². The molecular weight excluding hydrogens is 433 g/mol. The van der Waals surface area contributed by atoms with Crippen molar-refractivity contribution in [3.05, 3.63) is 58.8 Å². The van der Waals surface area contributed by atoms with Gasteiger partial charge in [-0.15, -0.1) is 0 Å². The summed E-state index contributed by atoms with van der Waals surface area (Å²) in [5.74, 6) is -1.99. The van der Waals surface area contributed by atoms with E-state index in [1.54, 1.807) is 24.3 Å². The maximum atomic E-state index is 13.2. The third kappa shape index (κ3) is 3.26. The molecule has 2 aliphatic heterocycles. The molecule has 3 amide bonds. The minimum absolute atomic E-state index is 0.280. The molecule has 2 aromatic carbocycles. The lowest BCUT2D eigenvalue weighted by atomic mass is 10.1. The second-order valence-electron chi connectivity index (χ2n) is 6.24. The van der Waals surface area contributed by atoms with E-state index >= 15 is 0 Å². The zero-order valence-corrected chi connectivity index (χ0v) is 15.8. The molecule has 8 nitrogen and oxygen atoms in total. The number of nitrogens with zero attached hydrogens (tertiary/aromatic N) is 4. The fourth-order valence-corrected chi connectivity index (χ4v) is 3.52. The Morgan fingerprint density at radius 1 is 1.14 bits per heavy atom. The van der Waals surface area contributed by atoms with Crippen LogP contribution in [-0.2, 0) is 14.4 Å². The molecule has 142 valence electrons. The summed E-state index contributed by atoms with van der Waals surface area (Å²) in [7, 11) is 0. The molecule has 2 aromatic rings. The second kappa shape index (κ2) is 7.12. The number of anilines is 2. The molecule has 0 radical (unpaired) electrons. The van der Waals surface area contributed by atoms with Crippen LogP contribution in [0.1, 0.15) is 0 Å². The van der Waals surface area contributed by atoms with E-state index in [2.05, 4.69) is 31.6 Å². The van der Waals surface area contributed by atoms with Gasteiger partial charge in [0.2, 0.25) is 5.91 Å². The Morgan fingerprint density at radius 2 is 1.93 bits per heavy atom. The van der Waals surface area contributed by atoms with Crippen LogP contribution in [-0.4, -0.2) is 41.4 Å². The van der Waals surface area contributed by atoms with Crippen LogP contribution in [0.25, 0.3) is 0 Å². The summed E-state index contributed by atoms with van der Waals surface area (Å²) < 4.78 is 14.0. The first kappa shape index (κ1) is 18.2.